The molecule has 2 aliphatic rings. The van der Waals surface area contributed by atoms with Crippen LogP contribution in [0.15, 0.2) is 24.3 Å². The summed E-state index contributed by atoms with van der Waals surface area (Å²) in [6.45, 7) is 4.54. The molecule has 4 nitrogen and oxygen atoms in total. The summed E-state index contributed by atoms with van der Waals surface area (Å²) in [6.07, 6.45) is 2.94. The standard InChI is InChI=1S/C16H25N3O/c1-18-8-9-20-16(11-18)12-19(15-6-7-15)14-4-2-13(10-17)3-5-14/h2-5,15-16H,6-12,17H2,1H3. The van der Waals surface area contributed by atoms with Gasteiger partial charge in [-0.2, -0.15) is 0 Å². The van der Waals surface area contributed by atoms with Crippen molar-refractivity contribution in [3.05, 3.63) is 29.8 Å². The molecule has 0 aromatic heterocycles. The van der Waals surface area contributed by atoms with Gasteiger partial charge in [0.1, 0.15) is 0 Å². The highest BCUT2D eigenvalue weighted by atomic mass is 16.5. The summed E-state index contributed by atoms with van der Waals surface area (Å²) in [5.41, 5.74) is 8.17. The van der Waals surface area contributed by atoms with E-state index in [0.717, 1.165) is 26.2 Å². The van der Waals surface area contributed by atoms with Gasteiger partial charge in [-0.25, -0.2) is 0 Å². The van der Waals surface area contributed by atoms with E-state index in [1.165, 1.54) is 24.1 Å². The lowest BCUT2D eigenvalue weighted by molar-refractivity contribution is -0.0149. The van der Waals surface area contributed by atoms with E-state index in [1.807, 2.05) is 0 Å². The fourth-order valence-corrected chi connectivity index (χ4v) is 2.87. The Bertz CT molecular complexity index is 430. The topological polar surface area (TPSA) is 41.7 Å². The fourth-order valence-electron chi connectivity index (χ4n) is 2.87. The number of benzene rings is 1. The summed E-state index contributed by atoms with van der Waals surface area (Å²) in [6, 6.07) is 9.38. The lowest BCUT2D eigenvalue weighted by Crippen LogP contribution is -2.46. The minimum absolute atomic E-state index is 0.323. The Morgan fingerprint density at radius 2 is 2.05 bits per heavy atom. The van der Waals surface area contributed by atoms with Gasteiger partial charge in [-0.05, 0) is 37.6 Å². The first-order valence-corrected chi connectivity index (χ1v) is 7.62. The average Bonchev–Trinajstić information content (AvgIpc) is 3.30. The number of anilines is 1. The van der Waals surface area contributed by atoms with Crippen molar-refractivity contribution in [3.63, 3.8) is 0 Å². The zero-order valence-corrected chi connectivity index (χ0v) is 12.3. The first kappa shape index (κ1) is 13.9. The van der Waals surface area contributed by atoms with Gasteiger partial charge in [0.25, 0.3) is 0 Å². The molecule has 2 fully saturated rings. The van der Waals surface area contributed by atoms with Crippen molar-refractivity contribution in [1.29, 1.82) is 0 Å². The molecule has 1 aromatic carbocycles. The third-order valence-electron chi connectivity index (χ3n) is 4.23. The average molecular weight is 275 g/mol. The maximum Gasteiger partial charge on any atom is 0.0877 e. The molecule has 110 valence electrons. The van der Waals surface area contributed by atoms with Crippen molar-refractivity contribution in [1.82, 2.24) is 4.90 Å². The van der Waals surface area contributed by atoms with Gasteiger partial charge < -0.3 is 20.3 Å². The molecular formula is C16H25N3O. The lowest BCUT2D eigenvalue weighted by Gasteiger charge is -2.35. The Morgan fingerprint density at radius 3 is 2.65 bits per heavy atom. The van der Waals surface area contributed by atoms with Crippen molar-refractivity contribution in [2.45, 2.75) is 31.5 Å². The van der Waals surface area contributed by atoms with Crippen molar-refractivity contribution in [2.24, 2.45) is 5.73 Å². The number of nitrogens with zero attached hydrogens (tertiary/aromatic N) is 2. The highest BCUT2D eigenvalue weighted by Crippen LogP contribution is 2.32. The quantitative estimate of drug-likeness (QED) is 0.883. The van der Waals surface area contributed by atoms with E-state index >= 15 is 0 Å². The van der Waals surface area contributed by atoms with Crippen LogP contribution < -0.4 is 10.6 Å². The molecule has 20 heavy (non-hydrogen) atoms. The van der Waals surface area contributed by atoms with Crippen molar-refractivity contribution >= 4 is 5.69 Å². The fraction of sp³-hybridized carbons (Fsp3) is 0.625. The number of hydrogen-bond acceptors (Lipinski definition) is 4. The smallest absolute Gasteiger partial charge is 0.0877 e. The summed E-state index contributed by atoms with van der Waals surface area (Å²) in [4.78, 5) is 4.88. The molecule has 1 aliphatic carbocycles. The summed E-state index contributed by atoms with van der Waals surface area (Å²) >= 11 is 0. The molecule has 0 spiro atoms. The molecule has 0 amide bonds. The van der Waals surface area contributed by atoms with E-state index in [2.05, 4.69) is 41.1 Å². The Balaban J connectivity index is 1.68. The van der Waals surface area contributed by atoms with Gasteiger partial charge in [0.05, 0.1) is 12.7 Å². The summed E-state index contributed by atoms with van der Waals surface area (Å²) in [7, 11) is 2.17. The third-order valence-corrected chi connectivity index (χ3v) is 4.23. The van der Waals surface area contributed by atoms with E-state index in [-0.39, 0.29) is 0 Å². The monoisotopic (exact) mass is 275 g/mol. The first-order valence-electron chi connectivity index (χ1n) is 7.62. The molecule has 0 radical (unpaired) electrons. The largest absolute Gasteiger partial charge is 0.374 e. The van der Waals surface area contributed by atoms with Crippen molar-refractivity contribution in [3.8, 4) is 0 Å². The molecular weight excluding hydrogens is 250 g/mol. The van der Waals surface area contributed by atoms with Gasteiger partial charge in [0.15, 0.2) is 0 Å². The van der Waals surface area contributed by atoms with Crippen LogP contribution in [0, 0.1) is 0 Å². The van der Waals surface area contributed by atoms with E-state index in [1.54, 1.807) is 0 Å². The molecule has 3 rings (SSSR count). The molecule has 1 saturated carbocycles. The van der Waals surface area contributed by atoms with E-state index in [0.29, 0.717) is 18.7 Å². The molecule has 1 aliphatic heterocycles. The second-order valence-electron chi connectivity index (χ2n) is 6.01. The minimum atomic E-state index is 0.323. The summed E-state index contributed by atoms with van der Waals surface area (Å²) in [5.74, 6) is 0. The predicted octanol–water partition coefficient (Wildman–Crippen LogP) is 1.44. The van der Waals surface area contributed by atoms with Gasteiger partial charge in [0.2, 0.25) is 0 Å². The highest BCUT2D eigenvalue weighted by Gasteiger charge is 2.32. The van der Waals surface area contributed by atoms with Crippen LogP contribution in [0.5, 0.6) is 0 Å². The lowest BCUT2D eigenvalue weighted by atomic mass is 10.1. The molecule has 4 heteroatoms. The van der Waals surface area contributed by atoms with Gasteiger partial charge in [-0.15, -0.1) is 0 Å². The minimum Gasteiger partial charge on any atom is -0.374 e. The number of morpholine rings is 1. The van der Waals surface area contributed by atoms with E-state index in [9.17, 15) is 0 Å². The van der Waals surface area contributed by atoms with E-state index in [4.69, 9.17) is 10.5 Å². The van der Waals surface area contributed by atoms with E-state index < -0.39 is 0 Å². The molecule has 1 aromatic rings. The second kappa shape index (κ2) is 6.12. The van der Waals surface area contributed by atoms with Crippen LogP contribution in [0.4, 0.5) is 5.69 Å². The van der Waals surface area contributed by atoms with Crippen LogP contribution in [0.1, 0.15) is 18.4 Å². The number of hydrogen-bond donors (Lipinski definition) is 1. The van der Waals surface area contributed by atoms with Crippen molar-refractivity contribution in [2.75, 3.05) is 38.2 Å². The maximum atomic E-state index is 5.92. The van der Waals surface area contributed by atoms with Crippen LogP contribution in [-0.2, 0) is 11.3 Å². The SMILES string of the molecule is CN1CCOC(CN(c2ccc(CN)cc2)C2CC2)C1. The molecule has 2 N–H and O–H groups in total. The zero-order valence-electron chi connectivity index (χ0n) is 12.3. The Hall–Kier alpha value is -1.10. The van der Waals surface area contributed by atoms with Crippen LogP contribution in [0.2, 0.25) is 0 Å². The Kier molecular flexibility index (Phi) is 4.24. The maximum absolute atomic E-state index is 5.92. The number of nitrogens with two attached hydrogens (primary N) is 1. The van der Waals surface area contributed by atoms with Crippen LogP contribution >= 0.6 is 0 Å². The third kappa shape index (κ3) is 3.32. The normalized spacial score (nSPS) is 23.8. The first-order chi connectivity index (χ1) is 9.76. The van der Waals surface area contributed by atoms with Gasteiger partial charge >= 0.3 is 0 Å². The van der Waals surface area contributed by atoms with Gasteiger partial charge in [-0.1, -0.05) is 12.1 Å². The van der Waals surface area contributed by atoms with Gasteiger partial charge in [0, 0.05) is 37.9 Å². The number of ether oxygens (including phenoxy) is 1. The Labute approximate surface area is 121 Å². The Morgan fingerprint density at radius 1 is 1.30 bits per heavy atom. The molecule has 1 atom stereocenters. The summed E-state index contributed by atoms with van der Waals surface area (Å²) < 4.78 is 5.92. The second-order valence-corrected chi connectivity index (χ2v) is 6.01. The number of rotatable bonds is 5. The zero-order chi connectivity index (χ0) is 13.9. The molecule has 1 saturated heterocycles. The van der Waals surface area contributed by atoms with Crippen LogP contribution in [-0.4, -0.2) is 50.3 Å². The van der Waals surface area contributed by atoms with Crippen LogP contribution in [0.25, 0.3) is 0 Å². The van der Waals surface area contributed by atoms with Crippen molar-refractivity contribution < 1.29 is 4.74 Å². The molecule has 1 heterocycles. The molecule has 0 bridgehead atoms. The van der Waals surface area contributed by atoms with Crippen LogP contribution in [0.3, 0.4) is 0 Å². The molecule has 1 unspecified atom stereocenters. The van der Waals surface area contributed by atoms with Gasteiger partial charge in [-0.3, -0.25) is 0 Å². The predicted molar refractivity (Wildman–Crippen MR) is 81.9 cm³/mol. The number of likely N-dealkylation sites (N-methyl/N-ethyl adjacent to an activating group) is 1. The summed E-state index contributed by atoms with van der Waals surface area (Å²) in [5, 5.41) is 0. The highest BCUT2D eigenvalue weighted by molar-refractivity contribution is 5.50.